The van der Waals surface area contributed by atoms with Gasteiger partial charge in [0, 0.05) is 23.2 Å². The molecule has 17 heavy (non-hydrogen) atoms. The van der Waals surface area contributed by atoms with Crippen molar-refractivity contribution in [3.63, 3.8) is 0 Å². The predicted molar refractivity (Wildman–Crippen MR) is 64.0 cm³/mol. The lowest BCUT2D eigenvalue weighted by Crippen LogP contribution is -2.47. The van der Waals surface area contributed by atoms with Gasteiger partial charge in [0.2, 0.25) is 5.91 Å². The fraction of sp³-hybridized carbons (Fsp3) is 0.462. The van der Waals surface area contributed by atoms with Crippen molar-refractivity contribution in [2.75, 3.05) is 0 Å². The van der Waals surface area contributed by atoms with Crippen LogP contribution in [0.25, 0.3) is 0 Å². The van der Waals surface area contributed by atoms with Crippen molar-refractivity contribution in [1.29, 1.82) is 0 Å². The topological polar surface area (TPSA) is 55.1 Å². The van der Waals surface area contributed by atoms with E-state index in [4.69, 9.17) is 5.73 Å². The fourth-order valence-corrected chi connectivity index (χ4v) is 2.04. The minimum absolute atomic E-state index is 0.148. The van der Waals surface area contributed by atoms with E-state index in [2.05, 4.69) is 12.2 Å². The SMILES string of the molecule is CC1(NCc2ccc(C(N)=O)cc2F)CCC1. The second-order valence-corrected chi connectivity index (χ2v) is 4.94. The quantitative estimate of drug-likeness (QED) is 0.839. The Hall–Kier alpha value is -1.42. The average molecular weight is 236 g/mol. The molecule has 0 spiro atoms. The van der Waals surface area contributed by atoms with E-state index >= 15 is 0 Å². The first-order valence-electron chi connectivity index (χ1n) is 5.83. The number of hydrogen-bond acceptors (Lipinski definition) is 2. The Balaban J connectivity index is 2.03. The van der Waals surface area contributed by atoms with E-state index in [1.165, 1.54) is 12.5 Å². The van der Waals surface area contributed by atoms with Gasteiger partial charge in [-0.3, -0.25) is 4.79 Å². The first-order chi connectivity index (χ1) is 8.00. The molecule has 0 bridgehead atoms. The molecular formula is C13H17FN2O. The second-order valence-electron chi connectivity index (χ2n) is 4.94. The summed E-state index contributed by atoms with van der Waals surface area (Å²) in [7, 11) is 0. The number of rotatable bonds is 4. The van der Waals surface area contributed by atoms with Crippen molar-refractivity contribution in [2.24, 2.45) is 5.73 Å². The van der Waals surface area contributed by atoms with Crippen LogP contribution in [0.15, 0.2) is 18.2 Å². The second kappa shape index (κ2) is 4.45. The summed E-state index contributed by atoms with van der Waals surface area (Å²) < 4.78 is 13.7. The minimum atomic E-state index is -0.602. The van der Waals surface area contributed by atoms with Gasteiger partial charge in [-0.1, -0.05) is 6.07 Å². The molecule has 1 aliphatic carbocycles. The van der Waals surface area contributed by atoms with E-state index in [1.807, 2.05) is 0 Å². The van der Waals surface area contributed by atoms with Crippen LogP contribution >= 0.6 is 0 Å². The van der Waals surface area contributed by atoms with Gasteiger partial charge in [0.15, 0.2) is 0 Å². The zero-order valence-electron chi connectivity index (χ0n) is 9.92. The van der Waals surface area contributed by atoms with Crippen LogP contribution in [0, 0.1) is 5.82 Å². The molecule has 1 aliphatic rings. The van der Waals surface area contributed by atoms with Gasteiger partial charge in [0.05, 0.1) is 0 Å². The maximum absolute atomic E-state index is 13.7. The molecule has 92 valence electrons. The summed E-state index contributed by atoms with van der Waals surface area (Å²) in [4.78, 5) is 10.9. The van der Waals surface area contributed by atoms with Gasteiger partial charge in [0.1, 0.15) is 5.82 Å². The van der Waals surface area contributed by atoms with Crippen molar-refractivity contribution in [2.45, 2.75) is 38.3 Å². The van der Waals surface area contributed by atoms with Gasteiger partial charge in [-0.25, -0.2) is 4.39 Å². The number of amides is 1. The van der Waals surface area contributed by atoms with E-state index in [9.17, 15) is 9.18 Å². The normalized spacial score (nSPS) is 17.5. The molecule has 1 aromatic rings. The fourth-order valence-electron chi connectivity index (χ4n) is 2.04. The Bertz CT molecular complexity index is 441. The van der Waals surface area contributed by atoms with E-state index in [-0.39, 0.29) is 16.9 Å². The molecule has 1 saturated carbocycles. The lowest BCUT2D eigenvalue weighted by molar-refractivity contribution is 0.1000. The van der Waals surface area contributed by atoms with Gasteiger partial charge in [-0.2, -0.15) is 0 Å². The summed E-state index contributed by atoms with van der Waals surface area (Å²) in [5.74, 6) is -0.980. The Morgan fingerprint density at radius 3 is 2.71 bits per heavy atom. The highest BCUT2D eigenvalue weighted by Gasteiger charge is 2.30. The Kier molecular flexibility index (Phi) is 3.15. The summed E-state index contributed by atoms with van der Waals surface area (Å²) >= 11 is 0. The van der Waals surface area contributed by atoms with E-state index in [1.54, 1.807) is 12.1 Å². The van der Waals surface area contributed by atoms with Gasteiger partial charge < -0.3 is 11.1 Å². The molecule has 0 aromatic heterocycles. The summed E-state index contributed by atoms with van der Waals surface area (Å²) in [5.41, 5.74) is 6.01. The maximum atomic E-state index is 13.7. The summed E-state index contributed by atoms with van der Waals surface area (Å²) in [5, 5.41) is 3.35. The largest absolute Gasteiger partial charge is 0.366 e. The molecule has 0 heterocycles. The van der Waals surface area contributed by atoms with Crippen molar-refractivity contribution in [3.05, 3.63) is 35.1 Å². The standard InChI is InChI=1S/C13H17FN2O/c1-13(5-2-6-13)16-8-10-4-3-9(12(15)17)7-11(10)14/h3-4,7,16H,2,5-6,8H2,1H3,(H2,15,17). The van der Waals surface area contributed by atoms with E-state index < -0.39 is 5.91 Å². The highest BCUT2D eigenvalue weighted by molar-refractivity contribution is 5.92. The van der Waals surface area contributed by atoms with Gasteiger partial charge in [0.25, 0.3) is 0 Å². The lowest BCUT2D eigenvalue weighted by atomic mass is 9.78. The van der Waals surface area contributed by atoms with Crippen LogP contribution in [0.4, 0.5) is 4.39 Å². The molecule has 0 radical (unpaired) electrons. The molecular weight excluding hydrogens is 219 g/mol. The minimum Gasteiger partial charge on any atom is -0.366 e. The highest BCUT2D eigenvalue weighted by Crippen LogP contribution is 2.31. The van der Waals surface area contributed by atoms with Crippen LogP contribution in [0.3, 0.4) is 0 Å². The van der Waals surface area contributed by atoms with Crippen molar-refractivity contribution in [3.8, 4) is 0 Å². The zero-order valence-corrected chi connectivity index (χ0v) is 9.92. The first kappa shape index (κ1) is 12.0. The van der Waals surface area contributed by atoms with Crippen LogP contribution in [-0.2, 0) is 6.54 Å². The number of benzene rings is 1. The first-order valence-corrected chi connectivity index (χ1v) is 5.83. The van der Waals surface area contributed by atoms with Crippen molar-refractivity contribution < 1.29 is 9.18 Å². The molecule has 2 rings (SSSR count). The number of nitrogens with two attached hydrogens (primary N) is 1. The molecule has 1 amide bonds. The number of nitrogens with one attached hydrogen (secondary N) is 1. The summed E-state index contributed by atoms with van der Waals surface area (Å²) in [6.45, 7) is 2.63. The predicted octanol–water partition coefficient (Wildman–Crippen LogP) is 1.96. The maximum Gasteiger partial charge on any atom is 0.248 e. The Morgan fingerprint density at radius 2 is 2.24 bits per heavy atom. The smallest absolute Gasteiger partial charge is 0.248 e. The average Bonchev–Trinajstić information content (AvgIpc) is 2.24. The molecule has 1 fully saturated rings. The third-order valence-corrected chi connectivity index (χ3v) is 3.50. The number of primary amides is 1. The third-order valence-electron chi connectivity index (χ3n) is 3.50. The highest BCUT2D eigenvalue weighted by atomic mass is 19.1. The van der Waals surface area contributed by atoms with Crippen molar-refractivity contribution in [1.82, 2.24) is 5.32 Å². The number of halogens is 1. The van der Waals surface area contributed by atoms with E-state index in [0.717, 1.165) is 12.8 Å². The lowest BCUT2D eigenvalue weighted by Gasteiger charge is -2.39. The van der Waals surface area contributed by atoms with Crippen LogP contribution in [0.5, 0.6) is 0 Å². The van der Waals surface area contributed by atoms with Crippen LogP contribution in [0.1, 0.15) is 42.1 Å². The molecule has 3 N–H and O–H groups in total. The van der Waals surface area contributed by atoms with Gasteiger partial charge >= 0.3 is 0 Å². The Labute approximate surface area is 100 Å². The number of carbonyl (C=O) groups excluding carboxylic acids is 1. The van der Waals surface area contributed by atoms with Crippen molar-refractivity contribution >= 4 is 5.91 Å². The van der Waals surface area contributed by atoms with E-state index in [0.29, 0.717) is 12.1 Å². The van der Waals surface area contributed by atoms with Gasteiger partial charge in [-0.05, 0) is 38.3 Å². The third kappa shape index (κ3) is 2.64. The number of carbonyl (C=O) groups is 1. The zero-order chi connectivity index (χ0) is 12.5. The summed E-state index contributed by atoms with van der Waals surface area (Å²) in [6, 6.07) is 4.37. The molecule has 0 unspecified atom stereocenters. The van der Waals surface area contributed by atoms with Gasteiger partial charge in [-0.15, -0.1) is 0 Å². The number of hydrogen-bond donors (Lipinski definition) is 2. The molecule has 0 aliphatic heterocycles. The molecule has 0 atom stereocenters. The van der Waals surface area contributed by atoms with Crippen LogP contribution < -0.4 is 11.1 Å². The van der Waals surface area contributed by atoms with Crippen LogP contribution in [0.2, 0.25) is 0 Å². The van der Waals surface area contributed by atoms with Crippen LogP contribution in [-0.4, -0.2) is 11.4 Å². The molecule has 4 heteroatoms. The summed E-state index contributed by atoms with van der Waals surface area (Å²) in [6.07, 6.45) is 3.49. The molecule has 1 aromatic carbocycles. The monoisotopic (exact) mass is 236 g/mol. The molecule has 3 nitrogen and oxygen atoms in total. The Morgan fingerprint density at radius 1 is 1.53 bits per heavy atom. The molecule has 0 saturated heterocycles.